The lowest BCUT2D eigenvalue weighted by molar-refractivity contribution is 0.486. The lowest BCUT2D eigenvalue weighted by Gasteiger charge is -2.18. The second-order valence-corrected chi connectivity index (χ2v) is 8.02. The lowest BCUT2D eigenvalue weighted by Crippen LogP contribution is -2.28. The number of hydrogen-bond donors (Lipinski definition) is 2. The molecule has 0 saturated heterocycles. The van der Waals surface area contributed by atoms with Gasteiger partial charge in [0.25, 0.3) is 0 Å². The van der Waals surface area contributed by atoms with Gasteiger partial charge in [0.1, 0.15) is 4.90 Å². The number of hydrazine groups is 1. The van der Waals surface area contributed by atoms with E-state index in [4.69, 9.17) is 5.84 Å². The minimum absolute atomic E-state index is 0.0745. The molecule has 9 heteroatoms. The van der Waals surface area contributed by atoms with E-state index in [2.05, 4.69) is 5.43 Å². The van der Waals surface area contributed by atoms with Crippen molar-refractivity contribution in [3.63, 3.8) is 0 Å². The van der Waals surface area contributed by atoms with E-state index in [1.165, 1.54) is 19.2 Å². The highest BCUT2D eigenvalue weighted by Gasteiger charge is 2.24. The molecule has 0 fully saturated rings. The molecule has 0 atom stereocenters. The molecule has 19 heavy (non-hydrogen) atoms. The molecule has 1 rings (SSSR count). The Balaban J connectivity index is 3.57. The van der Waals surface area contributed by atoms with Crippen molar-refractivity contribution in [2.45, 2.75) is 16.7 Å². The SMILES string of the molecule is CCN(C)S(=O)(=O)c1cc(S(C)(=O)=O)ccc1NN. The van der Waals surface area contributed by atoms with Crippen LogP contribution >= 0.6 is 0 Å². The van der Waals surface area contributed by atoms with Crippen molar-refractivity contribution < 1.29 is 16.8 Å². The van der Waals surface area contributed by atoms with Crippen LogP contribution in [-0.2, 0) is 19.9 Å². The number of hydrogen-bond acceptors (Lipinski definition) is 6. The van der Waals surface area contributed by atoms with E-state index >= 15 is 0 Å². The molecule has 108 valence electrons. The molecule has 0 heterocycles. The quantitative estimate of drug-likeness (QED) is 0.586. The third-order valence-electron chi connectivity index (χ3n) is 2.67. The van der Waals surface area contributed by atoms with E-state index in [0.717, 1.165) is 16.6 Å². The molecule has 0 unspecified atom stereocenters. The number of nitrogens with two attached hydrogens (primary N) is 1. The van der Waals surface area contributed by atoms with Crippen LogP contribution in [0.5, 0.6) is 0 Å². The Morgan fingerprint density at radius 2 is 1.84 bits per heavy atom. The molecule has 0 saturated carbocycles. The number of anilines is 1. The number of nitrogens with zero attached hydrogens (tertiary/aromatic N) is 1. The molecular formula is C10H17N3O4S2. The Kier molecular flexibility index (Phi) is 4.56. The molecule has 7 nitrogen and oxygen atoms in total. The van der Waals surface area contributed by atoms with Crippen LogP contribution in [0.1, 0.15) is 6.92 Å². The summed E-state index contributed by atoms with van der Waals surface area (Å²) >= 11 is 0. The average molecular weight is 307 g/mol. The van der Waals surface area contributed by atoms with E-state index in [0.29, 0.717) is 0 Å². The number of sulfone groups is 1. The number of sulfonamides is 1. The van der Waals surface area contributed by atoms with Crippen LogP contribution in [0.2, 0.25) is 0 Å². The van der Waals surface area contributed by atoms with Gasteiger partial charge in [0.2, 0.25) is 10.0 Å². The van der Waals surface area contributed by atoms with E-state index in [1.54, 1.807) is 6.92 Å². The maximum atomic E-state index is 12.3. The molecule has 0 aliphatic rings. The largest absolute Gasteiger partial charge is 0.323 e. The van der Waals surface area contributed by atoms with Crippen LogP contribution < -0.4 is 11.3 Å². The summed E-state index contributed by atoms with van der Waals surface area (Å²) in [6.45, 7) is 1.93. The molecule has 0 bridgehead atoms. The first-order valence-corrected chi connectivity index (χ1v) is 8.74. The number of nitrogens with one attached hydrogen (secondary N) is 1. The van der Waals surface area contributed by atoms with E-state index < -0.39 is 19.9 Å². The monoisotopic (exact) mass is 307 g/mol. The second-order valence-electron chi connectivity index (χ2n) is 3.99. The fourth-order valence-electron chi connectivity index (χ4n) is 1.40. The molecule has 3 N–H and O–H groups in total. The van der Waals surface area contributed by atoms with Gasteiger partial charge in [-0.15, -0.1) is 0 Å². The molecule has 0 aromatic heterocycles. The van der Waals surface area contributed by atoms with E-state index in [1.807, 2.05) is 0 Å². The molecular weight excluding hydrogens is 290 g/mol. The van der Waals surface area contributed by atoms with Crippen molar-refractivity contribution in [2.75, 3.05) is 25.3 Å². The van der Waals surface area contributed by atoms with Gasteiger partial charge >= 0.3 is 0 Å². The van der Waals surface area contributed by atoms with E-state index in [-0.39, 0.29) is 22.0 Å². The van der Waals surface area contributed by atoms with Crippen molar-refractivity contribution in [3.05, 3.63) is 18.2 Å². The van der Waals surface area contributed by atoms with Crippen LogP contribution in [0.3, 0.4) is 0 Å². The number of nitrogen functional groups attached to an aromatic ring is 1. The van der Waals surface area contributed by atoms with Crippen LogP contribution in [0, 0.1) is 0 Å². The first kappa shape index (κ1) is 15.9. The van der Waals surface area contributed by atoms with Crippen molar-refractivity contribution in [3.8, 4) is 0 Å². The first-order valence-electron chi connectivity index (χ1n) is 5.41. The summed E-state index contributed by atoms with van der Waals surface area (Å²) in [4.78, 5) is -0.239. The molecule has 0 spiro atoms. The highest BCUT2D eigenvalue weighted by molar-refractivity contribution is 7.91. The standard InChI is InChI=1S/C10H17N3O4S2/c1-4-13(2)19(16,17)10-7-8(18(3,14)15)5-6-9(10)12-11/h5-7,12H,4,11H2,1-3H3. The summed E-state index contributed by atoms with van der Waals surface area (Å²) in [7, 11) is -5.88. The zero-order valence-electron chi connectivity index (χ0n) is 10.9. The highest BCUT2D eigenvalue weighted by Crippen LogP contribution is 2.26. The van der Waals surface area contributed by atoms with Gasteiger partial charge in [-0.05, 0) is 18.2 Å². The second kappa shape index (κ2) is 5.45. The van der Waals surface area contributed by atoms with Gasteiger partial charge in [-0.1, -0.05) is 6.92 Å². The number of rotatable bonds is 5. The Labute approximate surface area is 113 Å². The Morgan fingerprint density at radius 1 is 1.26 bits per heavy atom. The van der Waals surface area contributed by atoms with Crippen LogP contribution in [0.4, 0.5) is 5.69 Å². The smallest absolute Gasteiger partial charge is 0.244 e. The van der Waals surface area contributed by atoms with Crippen LogP contribution in [0.25, 0.3) is 0 Å². The molecule has 0 radical (unpaired) electrons. The predicted octanol–water partition coefficient (Wildman–Crippen LogP) is 0.0161. The minimum atomic E-state index is -3.79. The zero-order valence-corrected chi connectivity index (χ0v) is 12.5. The normalized spacial score (nSPS) is 12.7. The van der Waals surface area contributed by atoms with E-state index in [9.17, 15) is 16.8 Å². The summed E-state index contributed by atoms with van der Waals surface area (Å²) in [5.41, 5.74) is 2.40. The summed E-state index contributed by atoms with van der Waals surface area (Å²) in [5, 5.41) is 0. The van der Waals surface area contributed by atoms with Crippen molar-refractivity contribution >= 4 is 25.5 Å². The average Bonchev–Trinajstić information content (AvgIpc) is 2.35. The predicted molar refractivity (Wildman–Crippen MR) is 72.9 cm³/mol. The topological polar surface area (TPSA) is 110 Å². The fraction of sp³-hybridized carbons (Fsp3) is 0.400. The number of benzene rings is 1. The van der Waals surface area contributed by atoms with Gasteiger partial charge in [-0.2, -0.15) is 0 Å². The summed E-state index contributed by atoms with van der Waals surface area (Å²) in [6, 6.07) is 3.73. The maximum Gasteiger partial charge on any atom is 0.244 e. The van der Waals surface area contributed by atoms with Gasteiger partial charge in [0.05, 0.1) is 10.6 Å². The lowest BCUT2D eigenvalue weighted by atomic mass is 10.3. The molecule has 1 aromatic rings. The van der Waals surface area contributed by atoms with Crippen LogP contribution in [-0.4, -0.2) is 41.0 Å². The summed E-state index contributed by atoms with van der Waals surface area (Å²) in [6.07, 6.45) is 1.01. The summed E-state index contributed by atoms with van der Waals surface area (Å²) in [5.74, 6) is 5.27. The highest BCUT2D eigenvalue weighted by atomic mass is 32.2. The Hall–Kier alpha value is -1.16. The summed E-state index contributed by atoms with van der Waals surface area (Å²) < 4.78 is 48.6. The fourth-order valence-corrected chi connectivity index (χ4v) is 3.48. The Bertz CT molecular complexity index is 668. The molecule has 0 aliphatic heterocycles. The van der Waals surface area contributed by atoms with Crippen LogP contribution in [0.15, 0.2) is 28.0 Å². The third kappa shape index (κ3) is 3.24. The van der Waals surface area contributed by atoms with Crippen molar-refractivity contribution in [1.82, 2.24) is 4.31 Å². The first-order chi connectivity index (χ1) is 8.64. The zero-order chi connectivity index (χ0) is 14.8. The van der Waals surface area contributed by atoms with Crippen molar-refractivity contribution in [1.29, 1.82) is 0 Å². The Morgan fingerprint density at radius 3 is 2.26 bits per heavy atom. The molecule has 0 aliphatic carbocycles. The minimum Gasteiger partial charge on any atom is -0.323 e. The third-order valence-corrected chi connectivity index (χ3v) is 5.75. The van der Waals surface area contributed by atoms with Gasteiger partial charge in [-0.25, -0.2) is 21.1 Å². The van der Waals surface area contributed by atoms with Gasteiger partial charge in [-0.3, -0.25) is 5.84 Å². The van der Waals surface area contributed by atoms with Gasteiger partial charge in [0, 0.05) is 19.8 Å². The molecule has 0 amide bonds. The molecule has 1 aromatic carbocycles. The van der Waals surface area contributed by atoms with Gasteiger partial charge < -0.3 is 5.43 Å². The van der Waals surface area contributed by atoms with Gasteiger partial charge in [0.15, 0.2) is 9.84 Å². The van der Waals surface area contributed by atoms with Crippen molar-refractivity contribution in [2.24, 2.45) is 5.84 Å². The maximum absolute atomic E-state index is 12.3.